The van der Waals surface area contributed by atoms with Crippen LogP contribution in [0.1, 0.15) is 23.0 Å². The summed E-state index contributed by atoms with van der Waals surface area (Å²) in [7, 11) is 0. The molecule has 11 heavy (non-hydrogen) atoms. The maximum atomic E-state index is 11.2. The number of hydrogen-bond acceptors (Lipinski definition) is 3. The molecule has 3 heteroatoms. The Bertz CT molecular complexity index is 226. The summed E-state index contributed by atoms with van der Waals surface area (Å²) < 4.78 is 0. The molecule has 0 saturated carbocycles. The number of carbonyl (C=O) groups is 1. The van der Waals surface area contributed by atoms with E-state index in [1.165, 1.54) is 11.3 Å². The van der Waals surface area contributed by atoms with E-state index in [1.54, 1.807) is 13.0 Å². The van der Waals surface area contributed by atoms with Crippen LogP contribution >= 0.6 is 11.3 Å². The first-order chi connectivity index (χ1) is 5.20. The van der Waals surface area contributed by atoms with E-state index in [1.807, 2.05) is 11.4 Å². The van der Waals surface area contributed by atoms with Crippen molar-refractivity contribution in [2.45, 2.75) is 19.4 Å². The van der Waals surface area contributed by atoms with Crippen molar-refractivity contribution in [3.8, 4) is 0 Å². The standard InChI is InChI=1S/C8H10O2S/c1-6(9)5-7(10)8-3-2-4-11-8/h2-4,6,9H,5H2,1H3. The molecule has 0 fully saturated rings. The van der Waals surface area contributed by atoms with Crippen LogP contribution in [0, 0.1) is 0 Å². The molecule has 60 valence electrons. The van der Waals surface area contributed by atoms with Gasteiger partial charge >= 0.3 is 0 Å². The van der Waals surface area contributed by atoms with E-state index < -0.39 is 6.10 Å². The van der Waals surface area contributed by atoms with E-state index in [2.05, 4.69) is 0 Å². The molecular weight excluding hydrogens is 160 g/mol. The van der Waals surface area contributed by atoms with Gasteiger partial charge in [0, 0.05) is 6.42 Å². The SMILES string of the molecule is CC(O)CC(=O)c1cccs1. The van der Waals surface area contributed by atoms with Crippen LogP contribution in [-0.4, -0.2) is 17.0 Å². The zero-order valence-corrected chi connectivity index (χ0v) is 7.10. The van der Waals surface area contributed by atoms with E-state index in [0.717, 1.165) is 4.88 Å². The van der Waals surface area contributed by atoms with Crippen molar-refractivity contribution in [2.24, 2.45) is 0 Å². The van der Waals surface area contributed by atoms with Gasteiger partial charge in [-0.15, -0.1) is 11.3 Å². The predicted molar refractivity (Wildman–Crippen MR) is 44.9 cm³/mol. The largest absolute Gasteiger partial charge is 0.393 e. The van der Waals surface area contributed by atoms with Gasteiger partial charge in [0.05, 0.1) is 11.0 Å². The minimum Gasteiger partial charge on any atom is -0.393 e. The van der Waals surface area contributed by atoms with Crippen molar-refractivity contribution in [1.29, 1.82) is 0 Å². The lowest BCUT2D eigenvalue weighted by atomic mass is 10.2. The molecule has 1 aromatic heterocycles. The summed E-state index contributed by atoms with van der Waals surface area (Å²) in [5.41, 5.74) is 0. The van der Waals surface area contributed by atoms with Crippen molar-refractivity contribution >= 4 is 17.1 Å². The van der Waals surface area contributed by atoms with Gasteiger partial charge in [-0.1, -0.05) is 6.07 Å². The third-order valence-electron chi connectivity index (χ3n) is 1.28. The Morgan fingerprint density at radius 1 is 1.82 bits per heavy atom. The number of hydrogen-bond donors (Lipinski definition) is 1. The Kier molecular flexibility index (Phi) is 2.79. The molecule has 0 saturated heterocycles. The molecule has 0 bridgehead atoms. The topological polar surface area (TPSA) is 37.3 Å². The van der Waals surface area contributed by atoms with Gasteiger partial charge in [0.25, 0.3) is 0 Å². The van der Waals surface area contributed by atoms with Crippen molar-refractivity contribution in [3.63, 3.8) is 0 Å². The van der Waals surface area contributed by atoms with Crippen LogP contribution in [0.25, 0.3) is 0 Å². The average Bonchev–Trinajstić information content (AvgIpc) is 2.35. The molecule has 0 aliphatic rings. The second-order valence-corrected chi connectivity index (χ2v) is 3.40. The molecule has 1 N–H and O–H groups in total. The van der Waals surface area contributed by atoms with Crippen LogP contribution in [-0.2, 0) is 0 Å². The predicted octanol–water partition coefficient (Wildman–Crippen LogP) is 1.70. The fourth-order valence-electron chi connectivity index (χ4n) is 0.806. The van der Waals surface area contributed by atoms with Crippen LogP contribution in [0.5, 0.6) is 0 Å². The monoisotopic (exact) mass is 170 g/mol. The van der Waals surface area contributed by atoms with Crippen molar-refractivity contribution in [2.75, 3.05) is 0 Å². The minimum absolute atomic E-state index is 0.0231. The number of rotatable bonds is 3. The van der Waals surface area contributed by atoms with Gasteiger partial charge in [-0.2, -0.15) is 0 Å². The maximum absolute atomic E-state index is 11.2. The highest BCUT2D eigenvalue weighted by Gasteiger charge is 2.08. The molecule has 0 aliphatic heterocycles. The first kappa shape index (κ1) is 8.43. The molecular formula is C8H10O2S. The quantitative estimate of drug-likeness (QED) is 0.701. The van der Waals surface area contributed by atoms with Crippen LogP contribution in [0.2, 0.25) is 0 Å². The molecule has 0 radical (unpaired) electrons. The van der Waals surface area contributed by atoms with Crippen molar-refractivity contribution < 1.29 is 9.90 Å². The van der Waals surface area contributed by atoms with E-state index in [-0.39, 0.29) is 12.2 Å². The van der Waals surface area contributed by atoms with Crippen LogP contribution < -0.4 is 0 Å². The highest BCUT2D eigenvalue weighted by atomic mass is 32.1. The lowest BCUT2D eigenvalue weighted by Crippen LogP contribution is -2.07. The second-order valence-electron chi connectivity index (χ2n) is 2.45. The third kappa shape index (κ3) is 2.44. The summed E-state index contributed by atoms with van der Waals surface area (Å²) in [5, 5.41) is 10.8. The lowest BCUT2D eigenvalue weighted by molar-refractivity contribution is 0.0905. The van der Waals surface area contributed by atoms with Gasteiger partial charge in [-0.05, 0) is 18.4 Å². The van der Waals surface area contributed by atoms with Gasteiger partial charge < -0.3 is 5.11 Å². The Morgan fingerprint density at radius 3 is 3.00 bits per heavy atom. The Hall–Kier alpha value is -0.670. The molecule has 1 aromatic rings. The third-order valence-corrected chi connectivity index (χ3v) is 2.19. The highest BCUT2D eigenvalue weighted by molar-refractivity contribution is 7.12. The minimum atomic E-state index is -0.537. The number of Topliss-reactive ketones (excluding diaryl/α,β-unsaturated/α-hetero) is 1. The van der Waals surface area contributed by atoms with E-state index in [9.17, 15) is 4.79 Å². The average molecular weight is 170 g/mol. The molecule has 2 nitrogen and oxygen atoms in total. The summed E-state index contributed by atoms with van der Waals surface area (Å²) in [6.07, 6.45) is -0.315. The Morgan fingerprint density at radius 2 is 2.55 bits per heavy atom. The van der Waals surface area contributed by atoms with Gasteiger partial charge in [-0.3, -0.25) is 4.79 Å². The molecule has 1 unspecified atom stereocenters. The number of carbonyl (C=O) groups excluding carboxylic acids is 1. The molecule has 1 atom stereocenters. The maximum Gasteiger partial charge on any atom is 0.175 e. The number of aliphatic hydroxyl groups excluding tert-OH is 1. The van der Waals surface area contributed by atoms with Crippen molar-refractivity contribution in [3.05, 3.63) is 22.4 Å². The first-order valence-corrected chi connectivity index (χ1v) is 4.33. The molecule has 0 spiro atoms. The van der Waals surface area contributed by atoms with Gasteiger partial charge in [0.1, 0.15) is 0 Å². The molecule has 1 heterocycles. The first-order valence-electron chi connectivity index (χ1n) is 3.45. The molecule has 1 rings (SSSR count). The summed E-state index contributed by atoms with van der Waals surface area (Å²) >= 11 is 1.41. The molecule has 0 aliphatic carbocycles. The number of aliphatic hydroxyl groups is 1. The van der Waals surface area contributed by atoms with Crippen LogP contribution in [0.4, 0.5) is 0 Å². The van der Waals surface area contributed by atoms with E-state index >= 15 is 0 Å². The summed E-state index contributed by atoms with van der Waals surface area (Å²) in [6, 6.07) is 3.61. The highest BCUT2D eigenvalue weighted by Crippen LogP contribution is 2.11. The lowest BCUT2D eigenvalue weighted by Gasteiger charge is -1.99. The van der Waals surface area contributed by atoms with Crippen LogP contribution in [0.3, 0.4) is 0 Å². The number of thiophene rings is 1. The Labute approximate surface area is 69.5 Å². The van der Waals surface area contributed by atoms with Gasteiger partial charge in [0.15, 0.2) is 5.78 Å². The normalized spacial score (nSPS) is 12.9. The summed E-state index contributed by atoms with van der Waals surface area (Å²) in [5.74, 6) is 0.0231. The molecule has 0 aromatic carbocycles. The second kappa shape index (κ2) is 3.64. The smallest absolute Gasteiger partial charge is 0.175 e. The summed E-state index contributed by atoms with van der Waals surface area (Å²) in [4.78, 5) is 11.9. The van der Waals surface area contributed by atoms with E-state index in [0.29, 0.717) is 0 Å². The zero-order valence-electron chi connectivity index (χ0n) is 6.28. The fraction of sp³-hybridized carbons (Fsp3) is 0.375. The Balaban J connectivity index is 2.57. The number of ketones is 1. The summed E-state index contributed by atoms with van der Waals surface area (Å²) in [6.45, 7) is 1.62. The van der Waals surface area contributed by atoms with Gasteiger partial charge in [0.2, 0.25) is 0 Å². The molecule has 0 amide bonds. The van der Waals surface area contributed by atoms with Crippen molar-refractivity contribution in [1.82, 2.24) is 0 Å². The fourth-order valence-corrected chi connectivity index (χ4v) is 1.48. The zero-order chi connectivity index (χ0) is 8.27. The van der Waals surface area contributed by atoms with Gasteiger partial charge in [-0.25, -0.2) is 0 Å². The van der Waals surface area contributed by atoms with Crippen LogP contribution in [0.15, 0.2) is 17.5 Å². The van der Waals surface area contributed by atoms with E-state index in [4.69, 9.17) is 5.11 Å².